The molecule has 0 bridgehead atoms. The fraction of sp³-hybridized carbons (Fsp3) is 0.733. The first-order valence-electron chi connectivity index (χ1n) is 7.61. The largest absolute Gasteiger partial charge is 0.393 e. The van der Waals surface area contributed by atoms with Crippen LogP contribution >= 0.6 is 0 Å². The van der Waals surface area contributed by atoms with Gasteiger partial charge >= 0.3 is 0 Å². The predicted octanol–water partition coefficient (Wildman–Crippen LogP) is 0.613. The Morgan fingerprint density at radius 1 is 1.38 bits per heavy atom. The minimum atomic E-state index is -0.930. The van der Waals surface area contributed by atoms with Crippen LogP contribution in [0, 0.1) is 6.92 Å². The number of piperidine rings is 1. The van der Waals surface area contributed by atoms with Gasteiger partial charge < -0.3 is 19.8 Å². The van der Waals surface area contributed by atoms with Gasteiger partial charge in [-0.25, -0.2) is 9.97 Å². The van der Waals surface area contributed by atoms with Crippen LogP contribution in [-0.4, -0.2) is 58.7 Å². The zero-order valence-electron chi connectivity index (χ0n) is 12.5. The summed E-state index contributed by atoms with van der Waals surface area (Å²) in [6.45, 7) is 4.68. The van der Waals surface area contributed by atoms with Crippen LogP contribution in [0.5, 0.6) is 0 Å². The summed E-state index contributed by atoms with van der Waals surface area (Å²) in [4.78, 5) is 11.2. The van der Waals surface area contributed by atoms with E-state index in [4.69, 9.17) is 4.74 Å². The molecule has 1 unspecified atom stereocenters. The van der Waals surface area contributed by atoms with Gasteiger partial charge in [0.05, 0.1) is 24.5 Å². The average molecular weight is 293 g/mol. The van der Waals surface area contributed by atoms with E-state index < -0.39 is 5.60 Å². The van der Waals surface area contributed by atoms with E-state index in [0.29, 0.717) is 31.8 Å². The highest BCUT2D eigenvalue weighted by atomic mass is 16.5. The summed E-state index contributed by atoms with van der Waals surface area (Å²) in [6.07, 6.45) is 2.14. The van der Waals surface area contributed by atoms with Crippen molar-refractivity contribution in [3.8, 4) is 0 Å². The Balaban J connectivity index is 1.76. The molecule has 6 nitrogen and oxygen atoms in total. The molecule has 3 heterocycles. The van der Waals surface area contributed by atoms with E-state index in [-0.39, 0.29) is 6.61 Å². The molecule has 2 fully saturated rings. The standard InChI is InChI=1S/C15H23N3O3/c1-11-16-13(12-2-7-21-9-12)8-14(17-11)18-5-3-15(20,10-19)4-6-18/h8,12,19-20H,2-7,9-10H2,1H3. The van der Waals surface area contributed by atoms with Crippen molar-refractivity contribution in [2.75, 3.05) is 37.8 Å². The molecule has 1 aromatic rings. The first-order valence-corrected chi connectivity index (χ1v) is 7.61. The van der Waals surface area contributed by atoms with Crippen LogP contribution in [0.25, 0.3) is 0 Å². The maximum absolute atomic E-state index is 10.1. The topological polar surface area (TPSA) is 78.7 Å². The lowest BCUT2D eigenvalue weighted by Crippen LogP contribution is -2.47. The van der Waals surface area contributed by atoms with Crippen molar-refractivity contribution in [2.45, 2.75) is 37.7 Å². The number of aryl methyl sites for hydroxylation is 1. The number of hydrogen-bond acceptors (Lipinski definition) is 6. The second-order valence-electron chi connectivity index (χ2n) is 6.13. The highest BCUT2D eigenvalue weighted by Crippen LogP contribution is 2.29. The van der Waals surface area contributed by atoms with Gasteiger partial charge in [-0.3, -0.25) is 0 Å². The Morgan fingerprint density at radius 3 is 2.76 bits per heavy atom. The third-order valence-electron chi connectivity index (χ3n) is 4.50. The van der Waals surface area contributed by atoms with E-state index in [1.807, 2.05) is 6.92 Å². The minimum Gasteiger partial charge on any atom is -0.393 e. The molecule has 2 aliphatic rings. The molecule has 1 aromatic heterocycles. The first kappa shape index (κ1) is 14.7. The number of aromatic nitrogens is 2. The van der Waals surface area contributed by atoms with E-state index >= 15 is 0 Å². The highest BCUT2D eigenvalue weighted by Gasteiger charge is 2.32. The molecule has 0 saturated carbocycles. The summed E-state index contributed by atoms with van der Waals surface area (Å²) in [5.41, 5.74) is 0.124. The third-order valence-corrected chi connectivity index (χ3v) is 4.50. The summed E-state index contributed by atoms with van der Waals surface area (Å²) < 4.78 is 5.44. The molecule has 0 aliphatic carbocycles. The Labute approximate surface area is 124 Å². The van der Waals surface area contributed by atoms with Gasteiger partial charge in [0, 0.05) is 31.7 Å². The van der Waals surface area contributed by atoms with Crippen molar-refractivity contribution in [2.24, 2.45) is 0 Å². The lowest BCUT2D eigenvalue weighted by molar-refractivity contribution is -0.0326. The monoisotopic (exact) mass is 293 g/mol. The third kappa shape index (κ3) is 3.17. The molecule has 1 atom stereocenters. The number of anilines is 1. The van der Waals surface area contributed by atoms with Gasteiger partial charge in [-0.1, -0.05) is 0 Å². The van der Waals surface area contributed by atoms with Crippen LogP contribution in [0.4, 0.5) is 5.82 Å². The number of hydrogen-bond donors (Lipinski definition) is 2. The summed E-state index contributed by atoms with van der Waals surface area (Å²) in [5, 5.41) is 19.3. The van der Waals surface area contributed by atoms with Gasteiger partial charge in [0.25, 0.3) is 0 Å². The minimum absolute atomic E-state index is 0.172. The van der Waals surface area contributed by atoms with Crippen molar-refractivity contribution in [3.05, 3.63) is 17.6 Å². The molecule has 0 amide bonds. The average Bonchev–Trinajstić information content (AvgIpc) is 3.02. The number of aliphatic hydroxyl groups excluding tert-OH is 1. The number of aliphatic hydroxyl groups is 2. The smallest absolute Gasteiger partial charge is 0.132 e. The molecule has 6 heteroatoms. The van der Waals surface area contributed by atoms with Gasteiger partial charge in [-0.2, -0.15) is 0 Å². The summed E-state index contributed by atoms with van der Waals surface area (Å²) in [5.74, 6) is 2.06. The normalized spacial score (nSPS) is 25.3. The van der Waals surface area contributed by atoms with E-state index in [0.717, 1.165) is 37.0 Å². The second kappa shape index (κ2) is 5.87. The van der Waals surface area contributed by atoms with Gasteiger partial charge in [-0.15, -0.1) is 0 Å². The maximum Gasteiger partial charge on any atom is 0.132 e. The Morgan fingerprint density at radius 2 is 2.14 bits per heavy atom. The molecule has 0 radical (unpaired) electrons. The van der Waals surface area contributed by atoms with Crippen LogP contribution in [0.1, 0.15) is 36.7 Å². The van der Waals surface area contributed by atoms with E-state index in [2.05, 4.69) is 20.9 Å². The Kier molecular flexibility index (Phi) is 4.10. The molecule has 2 saturated heterocycles. The van der Waals surface area contributed by atoms with E-state index in [1.165, 1.54) is 0 Å². The molecule has 0 spiro atoms. The van der Waals surface area contributed by atoms with Crippen molar-refractivity contribution >= 4 is 5.82 Å². The molecule has 0 aromatic carbocycles. The van der Waals surface area contributed by atoms with E-state index in [1.54, 1.807) is 0 Å². The van der Waals surface area contributed by atoms with Crippen molar-refractivity contribution in [1.29, 1.82) is 0 Å². The fourth-order valence-electron chi connectivity index (χ4n) is 3.02. The molecular formula is C15H23N3O3. The molecule has 21 heavy (non-hydrogen) atoms. The van der Waals surface area contributed by atoms with Crippen LogP contribution in [0.15, 0.2) is 6.07 Å². The number of ether oxygens (including phenoxy) is 1. The Bertz CT molecular complexity index is 495. The SMILES string of the molecule is Cc1nc(C2CCOC2)cc(N2CCC(O)(CO)CC2)n1. The van der Waals surface area contributed by atoms with Crippen molar-refractivity contribution in [3.63, 3.8) is 0 Å². The van der Waals surface area contributed by atoms with Crippen LogP contribution in [0.2, 0.25) is 0 Å². The zero-order valence-corrected chi connectivity index (χ0v) is 12.5. The van der Waals surface area contributed by atoms with Gasteiger partial charge in [0.15, 0.2) is 0 Å². The molecule has 2 aliphatic heterocycles. The summed E-state index contributed by atoms with van der Waals surface area (Å²) >= 11 is 0. The fourth-order valence-corrected chi connectivity index (χ4v) is 3.02. The molecule has 3 rings (SSSR count). The maximum atomic E-state index is 10.1. The second-order valence-corrected chi connectivity index (χ2v) is 6.13. The van der Waals surface area contributed by atoms with Crippen molar-refractivity contribution < 1.29 is 14.9 Å². The Hall–Kier alpha value is -1.24. The van der Waals surface area contributed by atoms with Crippen LogP contribution < -0.4 is 4.90 Å². The van der Waals surface area contributed by atoms with Crippen LogP contribution in [-0.2, 0) is 4.74 Å². The first-order chi connectivity index (χ1) is 10.1. The number of rotatable bonds is 3. The summed E-state index contributed by atoms with van der Waals surface area (Å²) in [6, 6.07) is 2.05. The molecule has 2 N–H and O–H groups in total. The van der Waals surface area contributed by atoms with Crippen LogP contribution in [0.3, 0.4) is 0 Å². The quantitative estimate of drug-likeness (QED) is 0.850. The lowest BCUT2D eigenvalue weighted by Gasteiger charge is -2.37. The summed E-state index contributed by atoms with van der Waals surface area (Å²) in [7, 11) is 0. The zero-order chi connectivity index (χ0) is 14.9. The molecule has 116 valence electrons. The van der Waals surface area contributed by atoms with Crippen molar-refractivity contribution in [1.82, 2.24) is 9.97 Å². The van der Waals surface area contributed by atoms with Gasteiger partial charge in [0.2, 0.25) is 0 Å². The lowest BCUT2D eigenvalue weighted by atomic mass is 9.92. The predicted molar refractivity (Wildman–Crippen MR) is 78.4 cm³/mol. The van der Waals surface area contributed by atoms with Gasteiger partial charge in [-0.05, 0) is 26.2 Å². The van der Waals surface area contributed by atoms with Gasteiger partial charge in [0.1, 0.15) is 11.6 Å². The highest BCUT2D eigenvalue weighted by molar-refractivity contribution is 5.41. The van der Waals surface area contributed by atoms with E-state index in [9.17, 15) is 10.2 Å². The molecular weight excluding hydrogens is 270 g/mol. The number of nitrogens with zero attached hydrogens (tertiary/aromatic N) is 3.